The van der Waals surface area contributed by atoms with Gasteiger partial charge >= 0.3 is 0 Å². The lowest BCUT2D eigenvalue weighted by atomic mass is 10.1. The van der Waals surface area contributed by atoms with Crippen LogP contribution in [0.1, 0.15) is 33.1 Å². The van der Waals surface area contributed by atoms with Crippen molar-refractivity contribution in [2.45, 2.75) is 51.2 Å². The van der Waals surface area contributed by atoms with Crippen LogP contribution in [0, 0.1) is 5.92 Å². The van der Waals surface area contributed by atoms with E-state index in [0.29, 0.717) is 12.1 Å². The summed E-state index contributed by atoms with van der Waals surface area (Å²) in [7, 11) is 0. The van der Waals surface area contributed by atoms with Gasteiger partial charge in [-0.15, -0.1) is 0 Å². The minimum atomic E-state index is 0.556. The van der Waals surface area contributed by atoms with Crippen molar-refractivity contribution in [1.82, 2.24) is 10.6 Å². The van der Waals surface area contributed by atoms with Gasteiger partial charge in [-0.25, -0.2) is 0 Å². The summed E-state index contributed by atoms with van der Waals surface area (Å²) in [6, 6.07) is 1.97. The monoisotopic (exact) mass is 212 g/mol. The summed E-state index contributed by atoms with van der Waals surface area (Å²) in [5, 5.41) is 7.21. The number of morpholine rings is 1. The zero-order valence-corrected chi connectivity index (χ0v) is 9.96. The molecule has 0 aromatic carbocycles. The van der Waals surface area contributed by atoms with Crippen molar-refractivity contribution in [3.63, 3.8) is 0 Å². The highest BCUT2D eigenvalue weighted by molar-refractivity contribution is 4.94. The highest BCUT2D eigenvalue weighted by Gasteiger charge is 2.35. The van der Waals surface area contributed by atoms with Gasteiger partial charge in [-0.3, -0.25) is 0 Å². The zero-order valence-electron chi connectivity index (χ0n) is 9.96. The summed E-state index contributed by atoms with van der Waals surface area (Å²) in [5.74, 6) is 0.947. The van der Waals surface area contributed by atoms with Crippen LogP contribution in [-0.2, 0) is 4.74 Å². The summed E-state index contributed by atoms with van der Waals surface area (Å²) in [6.07, 6.45) is 3.90. The van der Waals surface area contributed by atoms with Gasteiger partial charge in [-0.05, 0) is 25.7 Å². The van der Waals surface area contributed by atoms with Crippen molar-refractivity contribution in [3.05, 3.63) is 0 Å². The third-order valence-corrected chi connectivity index (χ3v) is 3.58. The molecule has 1 saturated carbocycles. The van der Waals surface area contributed by atoms with Crippen LogP contribution in [0.5, 0.6) is 0 Å². The lowest BCUT2D eigenvalue weighted by Gasteiger charge is -2.26. The zero-order chi connectivity index (χ0) is 10.7. The van der Waals surface area contributed by atoms with Crippen LogP contribution >= 0.6 is 0 Å². The van der Waals surface area contributed by atoms with Crippen LogP contribution in [0.25, 0.3) is 0 Å². The smallest absolute Gasteiger partial charge is 0.0620 e. The molecule has 1 aliphatic carbocycles. The fraction of sp³-hybridized carbons (Fsp3) is 1.00. The van der Waals surface area contributed by atoms with E-state index in [1.165, 1.54) is 19.3 Å². The van der Waals surface area contributed by atoms with E-state index in [4.69, 9.17) is 4.74 Å². The van der Waals surface area contributed by atoms with Gasteiger partial charge in [0.2, 0.25) is 0 Å². The summed E-state index contributed by atoms with van der Waals surface area (Å²) in [5.41, 5.74) is 0. The molecule has 0 aromatic heterocycles. The molecule has 1 aliphatic heterocycles. The van der Waals surface area contributed by atoms with E-state index in [0.717, 1.165) is 31.7 Å². The Bertz CT molecular complexity index is 192. The van der Waals surface area contributed by atoms with Gasteiger partial charge in [0.25, 0.3) is 0 Å². The number of nitrogens with one attached hydrogen (secondary N) is 2. The lowest BCUT2D eigenvalue weighted by molar-refractivity contribution is 0.0711. The van der Waals surface area contributed by atoms with Crippen molar-refractivity contribution in [1.29, 1.82) is 0 Å². The van der Waals surface area contributed by atoms with E-state index in [1.807, 2.05) is 0 Å². The summed E-state index contributed by atoms with van der Waals surface area (Å²) in [4.78, 5) is 0. The van der Waals surface area contributed by atoms with Gasteiger partial charge in [0.1, 0.15) is 0 Å². The van der Waals surface area contributed by atoms with Crippen molar-refractivity contribution >= 4 is 0 Å². The highest BCUT2D eigenvalue weighted by Crippen LogP contribution is 2.33. The summed E-state index contributed by atoms with van der Waals surface area (Å²) >= 11 is 0. The van der Waals surface area contributed by atoms with Crippen molar-refractivity contribution in [2.75, 3.05) is 19.8 Å². The fourth-order valence-electron chi connectivity index (χ4n) is 2.53. The predicted molar refractivity (Wildman–Crippen MR) is 62.0 cm³/mol. The first-order valence-electron chi connectivity index (χ1n) is 6.36. The van der Waals surface area contributed by atoms with Crippen LogP contribution in [0.2, 0.25) is 0 Å². The topological polar surface area (TPSA) is 33.3 Å². The molecular weight excluding hydrogens is 188 g/mol. The molecule has 88 valence electrons. The lowest BCUT2D eigenvalue weighted by Crippen LogP contribution is -2.45. The molecule has 0 radical (unpaired) electrons. The Morgan fingerprint density at radius 3 is 3.00 bits per heavy atom. The maximum absolute atomic E-state index is 5.46. The van der Waals surface area contributed by atoms with Crippen LogP contribution in [0.15, 0.2) is 0 Å². The molecule has 1 heterocycles. The number of rotatable bonds is 5. The number of hydrogen-bond donors (Lipinski definition) is 2. The second-order valence-corrected chi connectivity index (χ2v) is 5.04. The molecule has 0 bridgehead atoms. The molecule has 2 fully saturated rings. The Morgan fingerprint density at radius 2 is 2.40 bits per heavy atom. The highest BCUT2D eigenvalue weighted by atomic mass is 16.5. The van der Waals surface area contributed by atoms with E-state index in [1.54, 1.807) is 0 Å². The minimum absolute atomic E-state index is 0.556. The minimum Gasteiger partial charge on any atom is -0.379 e. The van der Waals surface area contributed by atoms with Crippen LogP contribution in [0.3, 0.4) is 0 Å². The normalized spacial score (nSPS) is 37.6. The molecule has 3 nitrogen and oxygen atoms in total. The van der Waals surface area contributed by atoms with Gasteiger partial charge in [0, 0.05) is 24.7 Å². The molecule has 0 aromatic rings. The number of ether oxygens (including phenoxy) is 1. The quantitative estimate of drug-likeness (QED) is 0.717. The first-order valence-corrected chi connectivity index (χ1v) is 6.36. The van der Waals surface area contributed by atoms with Crippen molar-refractivity contribution < 1.29 is 4.74 Å². The molecule has 3 heteroatoms. The third-order valence-electron chi connectivity index (χ3n) is 3.58. The van der Waals surface area contributed by atoms with Gasteiger partial charge < -0.3 is 15.4 Å². The van der Waals surface area contributed by atoms with Crippen molar-refractivity contribution in [2.24, 2.45) is 5.92 Å². The predicted octanol–water partition coefficient (Wildman–Crippen LogP) is 1.14. The van der Waals surface area contributed by atoms with Gasteiger partial charge in [0.05, 0.1) is 13.2 Å². The first kappa shape index (κ1) is 11.4. The van der Waals surface area contributed by atoms with E-state index < -0.39 is 0 Å². The second kappa shape index (κ2) is 5.28. The van der Waals surface area contributed by atoms with E-state index >= 15 is 0 Å². The molecule has 15 heavy (non-hydrogen) atoms. The van der Waals surface area contributed by atoms with Crippen molar-refractivity contribution in [3.8, 4) is 0 Å². The van der Waals surface area contributed by atoms with Gasteiger partial charge in [0.15, 0.2) is 0 Å². The third kappa shape index (κ3) is 3.44. The SMILES string of the molecule is CCC1CC1NC(C)CC1COCCN1. The molecule has 1 saturated heterocycles. The Hall–Kier alpha value is -0.120. The molecule has 2 rings (SSSR count). The first-order chi connectivity index (χ1) is 7.29. The fourth-order valence-corrected chi connectivity index (χ4v) is 2.53. The molecule has 2 aliphatic rings. The average Bonchev–Trinajstić information content (AvgIpc) is 2.97. The average molecular weight is 212 g/mol. The van der Waals surface area contributed by atoms with E-state index in [2.05, 4.69) is 24.5 Å². The van der Waals surface area contributed by atoms with E-state index in [9.17, 15) is 0 Å². The molecule has 4 atom stereocenters. The van der Waals surface area contributed by atoms with Crippen LogP contribution in [-0.4, -0.2) is 37.9 Å². The molecule has 0 spiro atoms. The van der Waals surface area contributed by atoms with Gasteiger partial charge in [-0.1, -0.05) is 13.3 Å². The van der Waals surface area contributed by atoms with E-state index in [-0.39, 0.29) is 0 Å². The van der Waals surface area contributed by atoms with Crippen LogP contribution in [0.4, 0.5) is 0 Å². The molecule has 2 N–H and O–H groups in total. The maximum atomic E-state index is 5.46. The van der Waals surface area contributed by atoms with Crippen LogP contribution < -0.4 is 10.6 Å². The Morgan fingerprint density at radius 1 is 1.53 bits per heavy atom. The molecule has 0 amide bonds. The Balaban J connectivity index is 1.61. The maximum Gasteiger partial charge on any atom is 0.0620 e. The van der Waals surface area contributed by atoms with Gasteiger partial charge in [-0.2, -0.15) is 0 Å². The Labute approximate surface area is 93.0 Å². The Kier molecular flexibility index (Phi) is 4.00. The molecule has 4 unspecified atom stereocenters. The number of hydrogen-bond acceptors (Lipinski definition) is 3. The summed E-state index contributed by atoms with van der Waals surface area (Å²) < 4.78 is 5.46. The summed E-state index contributed by atoms with van der Waals surface area (Å²) in [6.45, 7) is 7.35. The molecular formula is C12H24N2O. The largest absolute Gasteiger partial charge is 0.379 e. The standard InChI is InChI=1S/C12H24N2O/c1-3-10-7-12(10)14-9(2)6-11-8-15-5-4-13-11/h9-14H,3-8H2,1-2H3. The second-order valence-electron chi connectivity index (χ2n) is 5.04.